The number of carbonyl (C=O) groups is 1. The monoisotopic (exact) mass is 466 g/mol. The molecule has 0 fully saturated rings. The smallest absolute Gasteiger partial charge is 0.262 e. The second-order valence-electron chi connectivity index (χ2n) is 6.66. The van der Waals surface area contributed by atoms with Crippen LogP contribution >= 0.6 is 23.2 Å². The average molecular weight is 467 g/mol. The van der Waals surface area contributed by atoms with Crippen LogP contribution in [0.15, 0.2) is 66.7 Å². The second kappa shape index (κ2) is 11.2. The maximum absolute atomic E-state index is 12.2. The van der Waals surface area contributed by atoms with Gasteiger partial charge in [-0.15, -0.1) is 0 Å². The number of carbonyl (C=O) groups excluding carboxylic acids is 1. The SMILES string of the molecule is CCOc1cc(/C=C(\C#N)c2ccc(Cl)cc2)ccc1OCC(=O)Nc1ccc(Cl)cc1. The molecule has 3 rings (SSSR count). The molecule has 1 amide bonds. The molecule has 0 aromatic heterocycles. The van der Waals surface area contributed by atoms with Gasteiger partial charge in [0.25, 0.3) is 5.91 Å². The lowest BCUT2D eigenvalue weighted by molar-refractivity contribution is -0.118. The number of nitriles is 1. The summed E-state index contributed by atoms with van der Waals surface area (Å²) in [4.78, 5) is 12.2. The highest BCUT2D eigenvalue weighted by Crippen LogP contribution is 2.30. The van der Waals surface area contributed by atoms with E-state index >= 15 is 0 Å². The zero-order chi connectivity index (χ0) is 22.9. The third-order valence-electron chi connectivity index (χ3n) is 4.34. The van der Waals surface area contributed by atoms with E-state index < -0.39 is 0 Å². The van der Waals surface area contributed by atoms with Crippen LogP contribution in [-0.4, -0.2) is 19.1 Å². The van der Waals surface area contributed by atoms with Crippen LogP contribution in [0.3, 0.4) is 0 Å². The van der Waals surface area contributed by atoms with E-state index in [9.17, 15) is 10.1 Å². The molecule has 0 aliphatic heterocycles. The Morgan fingerprint density at radius 1 is 0.969 bits per heavy atom. The molecule has 5 nitrogen and oxygen atoms in total. The highest BCUT2D eigenvalue weighted by Gasteiger charge is 2.10. The van der Waals surface area contributed by atoms with Gasteiger partial charge in [-0.3, -0.25) is 4.79 Å². The minimum atomic E-state index is -0.312. The summed E-state index contributed by atoms with van der Waals surface area (Å²) < 4.78 is 11.3. The number of nitrogens with one attached hydrogen (secondary N) is 1. The zero-order valence-electron chi connectivity index (χ0n) is 17.3. The maximum Gasteiger partial charge on any atom is 0.262 e. The van der Waals surface area contributed by atoms with Crippen molar-refractivity contribution in [3.05, 3.63) is 87.9 Å². The van der Waals surface area contributed by atoms with Crippen molar-refractivity contribution in [1.82, 2.24) is 0 Å². The van der Waals surface area contributed by atoms with Crippen LogP contribution in [-0.2, 0) is 4.79 Å². The number of hydrogen-bond acceptors (Lipinski definition) is 4. The molecular weight excluding hydrogens is 447 g/mol. The highest BCUT2D eigenvalue weighted by atomic mass is 35.5. The molecule has 0 atom stereocenters. The Kier molecular flexibility index (Phi) is 8.15. The van der Waals surface area contributed by atoms with Crippen LogP contribution in [0.2, 0.25) is 10.0 Å². The topological polar surface area (TPSA) is 71.3 Å². The van der Waals surface area contributed by atoms with Crippen LogP contribution in [0.1, 0.15) is 18.1 Å². The molecule has 3 aromatic carbocycles. The fourth-order valence-corrected chi connectivity index (χ4v) is 3.10. The molecule has 0 saturated heterocycles. The molecule has 7 heteroatoms. The van der Waals surface area contributed by atoms with Crippen LogP contribution in [0.5, 0.6) is 11.5 Å². The van der Waals surface area contributed by atoms with Gasteiger partial charge in [-0.05, 0) is 72.7 Å². The van der Waals surface area contributed by atoms with E-state index in [1.807, 2.05) is 6.92 Å². The lowest BCUT2D eigenvalue weighted by Crippen LogP contribution is -2.20. The van der Waals surface area contributed by atoms with Crippen molar-refractivity contribution in [2.45, 2.75) is 6.92 Å². The van der Waals surface area contributed by atoms with Gasteiger partial charge in [0, 0.05) is 15.7 Å². The van der Waals surface area contributed by atoms with Crippen LogP contribution in [0, 0.1) is 11.3 Å². The molecule has 1 N–H and O–H groups in total. The number of hydrogen-bond donors (Lipinski definition) is 1. The Morgan fingerprint density at radius 2 is 1.62 bits per heavy atom. The third-order valence-corrected chi connectivity index (χ3v) is 4.84. The Labute approximate surface area is 196 Å². The van der Waals surface area contributed by atoms with Crippen molar-refractivity contribution < 1.29 is 14.3 Å². The third kappa shape index (κ3) is 6.52. The number of amides is 1. The van der Waals surface area contributed by atoms with E-state index in [4.69, 9.17) is 32.7 Å². The molecule has 0 bridgehead atoms. The number of ether oxygens (including phenoxy) is 2. The summed E-state index contributed by atoms with van der Waals surface area (Å²) in [6.07, 6.45) is 1.75. The number of halogens is 2. The molecule has 0 heterocycles. The van der Waals surface area contributed by atoms with Crippen molar-refractivity contribution >= 4 is 46.4 Å². The Morgan fingerprint density at radius 3 is 2.25 bits per heavy atom. The summed E-state index contributed by atoms with van der Waals surface area (Å²) in [5.74, 6) is 0.599. The first-order valence-electron chi connectivity index (χ1n) is 9.81. The minimum absolute atomic E-state index is 0.188. The van der Waals surface area contributed by atoms with Crippen LogP contribution in [0.4, 0.5) is 5.69 Å². The van der Waals surface area contributed by atoms with Gasteiger partial charge in [-0.1, -0.05) is 41.4 Å². The summed E-state index contributed by atoms with van der Waals surface area (Å²) in [6, 6.07) is 21.3. The van der Waals surface area contributed by atoms with E-state index in [1.165, 1.54) is 0 Å². The summed E-state index contributed by atoms with van der Waals surface area (Å²) >= 11 is 11.8. The summed E-state index contributed by atoms with van der Waals surface area (Å²) in [5, 5.41) is 13.5. The average Bonchev–Trinajstić information content (AvgIpc) is 2.79. The van der Waals surface area contributed by atoms with Crippen molar-refractivity contribution in [2.75, 3.05) is 18.5 Å². The van der Waals surface area contributed by atoms with Crippen molar-refractivity contribution in [1.29, 1.82) is 5.26 Å². The Hall–Kier alpha value is -3.46. The van der Waals surface area contributed by atoms with Crippen molar-refractivity contribution in [3.8, 4) is 17.6 Å². The summed E-state index contributed by atoms with van der Waals surface area (Å²) in [6.45, 7) is 2.09. The van der Waals surface area contributed by atoms with Gasteiger partial charge in [0.1, 0.15) is 0 Å². The van der Waals surface area contributed by atoms with Gasteiger partial charge in [0.2, 0.25) is 0 Å². The first kappa shape index (κ1) is 23.2. The molecule has 3 aromatic rings. The number of nitrogens with zero attached hydrogens (tertiary/aromatic N) is 1. The predicted octanol–water partition coefficient (Wildman–Crippen LogP) is 6.47. The van der Waals surface area contributed by atoms with Gasteiger partial charge < -0.3 is 14.8 Å². The minimum Gasteiger partial charge on any atom is -0.490 e. The molecule has 0 aliphatic carbocycles. The van der Waals surface area contributed by atoms with E-state index in [0.29, 0.717) is 39.4 Å². The van der Waals surface area contributed by atoms with Gasteiger partial charge in [0.05, 0.1) is 18.2 Å². The quantitative estimate of drug-likeness (QED) is 0.304. The molecular formula is C25H20Cl2N2O3. The van der Waals surface area contributed by atoms with Gasteiger partial charge in [0.15, 0.2) is 18.1 Å². The zero-order valence-corrected chi connectivity index (χ0v) is 18.8. The molecule has 0 spiro atoms. The fourth-order valence-electron chi connectivity index (χ4n) is 2.85. The number of benzene rings is 3. The molecule has 32 heavy (non-hydrogen) atoms. The summed E-state index contributed by atoms with van der Waals surface area (Å²) in [7, 11) is 0. The van der Waals surface area contributed by atoms with Gasteiger partial charge >= 0.3 is 0 Å². The number of anilines is 1. The van der Waals surface area contributed by atoms with E-state index in [0.717, 1.165) is 11.1 Å². The number of rotatable bonds is 8. The Balaban J connectivity index is 1.73. The fraction of sp³-hybridized carbons (Fsp3) is 0.120. The first-order valence-corrected chi connectivity index (χ1v) is 10.6. The van der Waals surface area contributed by atoms with E-state index in [1.54, 1.807) is 72.8 Å². The second-order valence-corrected chi connectivity index (χ2v) is 7.53. The maximum atomic E-state index is 12.2. The highest BCUT2D eigenvalue weighted by molar-refractivity contribution is 6.30. The molecule has 0 radical (unpaired) electrons. The van der Waals surface area contributed by atoms with Crippen molar-refractivity contribution in [3.63, 3.8) is 0 Å². The lowest BCUT2D eigenvalue weighted by atomic mass is 10.0. The first-order chi connectivity index (χ1) is 15.5. The standard InChI is InChI=1S/C25H20Cl2N2O3/c1-2-31-24-14-17(13-19(15-28)18-4-6-20(26)7-5-18)3-12-23(24)32-16-25(30)29-22-10-8-21(27)9-11-22/h3-14H,2,16H2,1H3,(H,29,30)/b19-13+. The molecule has 0 unspecified atom stereocenters. The summed E-state index contributed by atoms with van der Waals surface area (Å²) in [5.41, 5.74) is 2.63. The lowest BCUT2D eigenvalue weighted by Gasteiger charge is -2.13. The number of allylic oxidation sites excluding steroid dienone is 1. The molecule has 0 aliphatic rings. The van der Waals surface area contributed by atoms with Crippen molar-refractivity contribution in [2.24, 2.45) is 0 Å². The normalized spacial score (nSPS) is 10.9. The van der Waals surface area contributed by atoms with E-state index in [2.05, 4.69) is 11.4 Å². The Bertz CT molecular complexity index is 1150. The van der Waals surface area contributed by atoms with E-state index in [-0.39, 0.29) is 12.5 Å². The van der Waals surface area contributed by atoms with Crippen LogP contribution < -0.4 is 14.8 Å². The van der Waals surface area contributed by atoms with Crippen LogP contribution in [0.25, 0.3) is 11.6 Å². The largest absolute Gasteiger partial charge is 0.490 e. The predicted molar refractivity (Wildman–Crippen MR) is 128 cm³/mol. The molecule has 162 valence electrons. The van der Waals surface area contributed by atoms with Gasteiger partial charge in [-0.2, -0.15) is 5.26 Å². The molecule has 0 saturated carbocycles. The van der Waals surface area contributed by atoms with Gasteiger partial charge in [-0.25, -0.2) is 0 Å².